The maximum Gasteiger partial charge on any atom is 0.343 e. The van der Waals surface area contributed by atoms with Crippen molar-refractivity contribution in [1.82, 2.24) is 4.98 Å². The summed E-state index contributed by atoms with van der Waals surface area (Å²) >= 11 is 0. The highest BCUT2D eigenvalue weighted by Crippen LogP contribution is 2.17. The van der Waals surface area contributed by atoms with E-state index in [0.717, 1.165) is 30.5 Å². The van der Waals surface area contributed by atoms with Crippen LogP contribution >= 0.6 is 0 Å². The molecule has 5 heteroatoms. The van der Waals surface area contributed by atoms with Gasteiger partial charge in [-0.05, 0) is 36.2 Å². The Morgan fingerprint density at radius 2 is 1.85 bits per heavy atom. The van der Waals surface area contributed by atoms with Gasteiger partial charge >= 0.3 is 5.97 Å². The second-order valence-corrected chi connectivity index (χ2v) is 4.26. The van der Waals surface area contributed by atoms with Gasteiger partial charge in [0.25, 0.3) is 5.95 Å². The molecule has 0 spiro atoms. The van der Waals surface area contributed by atoms with Crippen LogP contribution in [0.15, 0.2) is 36.4 Å². The summed E-state index contributed by atoms with van der Waals surface area (Å²) in [6.07, 6.45) is 1.93. The number of aryl methyl sites for hydroxylation is 1. The number of benzene rings is 1. The molecule has 0 aliphatic heterocycles. The summed E-state index contributed by atoms with van der Waals surface area (Å²) < 4.78 is 30.7. The molecule has 0 aliphatic carbocycles. The minimum atomic E-state index is -1.15. The van der Waals surface area contributed by atoms with Gasteiger partial charge < -0.3 is 4.74 Å². The van der Waals surface area contributed by atoms with E-state index in [-0.39, 0.29) is 0 Å². The van der Waals surface area contributed by atoms with Crippen molar-refractivity contribution in [2.45, 2.75) is 19.8 Å². The van der Waals surface area contributed by atoms with Gasteiger partial charge in [-0.1, -0.05) is 25.5 Å². The molecule has 2 aromatic rings. The smallest absolute Gasteiger partial charge is 0.343 e. The minimum absolute atomic E-state index is 0.300. The fourth-order valence-electron chi connectivity index (χ4n) is 1.73. The Bertz CT molecular complexity index is 612. The molecule has 0 bridgehead atoms. The number of halogens is 2. The number of aromatic nitrogens is 1. The molecule has 0 saturated heterocycles. The number of carbonyl (C=O) groups excluding carboxylic acids is 1. The largest absolute Gasteiger partial charge is 0.418 e. The van der Waals surface area contributed by atoms with E-state index in [4.69, 9.17) is 4.74 Å². The number of pyridine rings is 1. The van der Waals surface area contributed by atoms with Crippen molar-refractivity contribution in [3.8, 4) is 5.75 Å². The first-order chi connectivity index (χ1) is 9.60. The average Bonchev–Trinajstić information content (AvgIpc) is 2.43. The lowest BCUT2D eigenvalue weighted by molar-refractivity contribution is 0.0725. The first-order valence-electron chi connectivity index (χ1n) is 6.23. The monoisotopic (exact) mass is 277 g/mol. The number of ether oxygens (including phenoxy) is 1. The molecule has 0 amide bonds. The summed E-state index contributed by atoms with van der Waals surface area (Å²) in [7, 11) is 0. The van der Waals surface area contributed by atoms with Crippen LogP contribution in [-0.4, -0.2) is 11.0 Å². The zero-order chi connectivity index (χ0) is 14.5. The van der Waals surface area contributed by atoms with Crippen LogP contribution in [0.3, 0.4) is 0 Å². The number of rotatable bonds is 4. The molecule has 2 rings (SSSR count). The van der Waals surface area contributed by atoms with Crippen molar-refractivity contribution < 1.29 is 18.3 Å². The molecule has 104 valence electrons. The van der Waals surface area contributed by atoms with E-state index in [9.17, 15) is 13.6 Å². The summed E-state index contributed by atoms with van der Waals surface area (Å²) in [6.45, 7) is 2.06. The molecule has 0 aliphatic rings. The molecule has 0 N–H and O–H groups in total. The average molecular weight is 277 g/mol. The predicted octanol–water partition coefficient (Wildman–Crippen LogP) is 3.53. The molecule has 1 heterocycles. The van der Waals surface area contributed by atoms with Crippen LogP contribution in [-0.2, 0) is 6.42 Å². The van der Waals surface area contributed by atoms with Crippen LogP contribution in [0.2, 0.25) is 0 Å². The molecular formula is C15H13F2NO2. The van der Waals surface area contributed by atoms with Crippen molar-refractivity contribution in [3.63, 3.8) is 0 Å². The standard InChI is InChI=1S/C15H13F2NO2/c1-2-3-10-4-6-11(7-5-10)15(19)20-12-8-9-13(16)18-14(12)17/h4-9H,2-3H2,1H3. The number of hydrogen-bond donors (Lipinski definition) is 0. The maximum atomic E-state index is 13.3. The van der Waals surface area contributed by atoms with E-state index in [1.165, 1.54) is 0 Å². The van der Waals surface area contributed by atoms with Gasteiger partial charge in [0.05, 0.1) is 5.56 Å². The van der Waals surface area contributed by atoms with Crippen molar-refractivity contribution in [2.75, 3.05) is 0 Å². The summed E-state index contributed by atoms with van der Waals surface area (Å²) in [5.41, 5.74) is 1.41. The highest BCUT2D eigenvalue weighted by atomic mass is 19.1. The summed E-state index contributed by atoms with van der Waals surface area (Å²) in [4.78, 5) is 14.8. The van der Waals surface area contributed by atoms with E-state index in [2.05, 4.69) is 11.9 Å². The molecule has 1 aromatic heterocycles. The van der Waals surface area contributed by atoms with Gasteiger partial charge in [0.15, 0.2) is 5.75 Å². The van der Waals surface area contributed by atoms with E-state index in [0.29, 0.717) is 5.56 Å². The number of nitrogens with zero attached hydrogens (tertiary/aromatic N) is 1. The first kappa shape index (κ1) is 14.1. The molecule has 1 aromatic carbocycles. The predicted molar refractivity (Wildman–Crippen MR) is 69.5 cm³/mol. The van der Waals surface area contributed by atoms with Crippen molar-refractivity contribution >= 4 is 5.97 Å². The molecular weight excluding hydrogens is 264 g/mol. The number of carbonyl (C=O) groups is 1. The zero-order valence-electron chi connectivity index (χ0n) is 10.9. The van der Waals surface area contributed by atoms with Crippen LogP contribution in [0, 0.1) is 11.9 Å². The lowest BCUT2D eigenvalue weighted by Crippen LogP contribution is -2.10. The first-order valence-corrected chi connectivity index (χ1v) is 6.23. The van der Waals surface area contributed by atoms with E-state index in [1.807, 2.05) is 12.1 Å². The summed E-state index contributed by atoms with van der Waals surface area (Å²) in [5, 5.41) is 0. The molecule has 0 radical (unpaired) electrons. The second-order valence-electron chi connectivity index (χ2n) is 4.26. The van der Waals surface area contributed by atoms with Crippen molar-refractivity contribution in [3.05, 3.63) is 59.4 Å². The van der Waals surface area contributed by atoms with Gasteiger partial charge in [0.1, 0.15) is 0 Å². The quantitative estimate of drug-likeness (QED) is 0.634. The molecule has 3 nitrogen and oxygen atoms in total. The Labute approximate surface area is 115 Å². The Morgan fingerprint density at radius 3 is 2.45 bits per heavy atom. The number of esters is 1. The van der Waals surface area contributed by atoms with Gasteiger partial charge in [-0.15, -0.1) is 0 Å². The Kier molecular flexibility index (Phi) is 4.40. The second kappa shape index (κ2) is 6.23. The molecule has 20 heavy (non-hydrogen) atoms. The molecule has 0 fully saturated rings. The van der Waals surface area contributed by atoms with Crippen LogP contribution in [0.5, 0.6) is 5.75 Å². The van der Waals surface area contributed by atoms with Crippen LogP contribution in [0.1, 0.15) is 29.3 Å². The summed E-state index contributed by atoms with van der Waals surface area (Å²) in [5.74, 6) is -3.22. The molecule has 0 unspecified atom stereocenters. The van der Waals surface area contributed by atoms with Crippen LogP contribution in [0.25, 0.3) is 0 Å². The van der Waals surface area contributed by atoms with Gasteiger partial charge in [0.2, 0.25) is 5.95 Å². The number of hydrogen-bond acceptors (Lipinski definition) is 3. The Balaban J connectivity index is 2.11. The van der Waals surface area contributed by atoms with Gasteiger partial charge in [-0.25, -0.2) is 4.79 Å². The Morgan fingerprint density at radius 1 is 1.15 bits per heavy atom. The normalized spacial score (nSPS) is 10.3. The minimum Gasteiger partial charge on any atom is -0.418 e. The van der Waals surface area contributed by atoms with E-state index >= 15 is 0 Å². The third-order valence-corrected chi connectivity index (χ3v) is 2.71. The third kappa shape index (κ3) is 3.38. The lowest BCUT2D eigenvalue weighted by Gasteiger charge is -2.05. The fraction of sp³-hybridized carbons (Fsp3) is 0.200. The highest BCUT2D eigenvalue weighted by Gasteiger charge is 2.13. The van der Waals surface area contributed by atoms with Crippen molar-refractivity contribution in [1.29, 1.82) is 0 Å². The van der Waals surface area contributed by atoms with E-state index < -0.39 is 23.6 Å². The maximum absolute atomic E-state index is 13.3. The van der Waals surface area contributed by atoms with Crippen molar-refractivity contribution in [2.24, 2.45) is 0 Å². The summed E-state index contributed by atoms with van der Waals surface area (Å²) in [6, 6.07) is 8.82. The van der Waals surface area contributed by atoms with E-state index in [1.54, 1.807) is 12.1 Å². The molecule has 0 atom stereocenters. The topological polar surface area (TPSA) is 39.2 Å². The third-order valence-electron chi connectivity index (χ3n) is 2.71. The lowest BCUT2D eigenvalue weighted by atomic mass is 10.1. The van der Waals surface area contributed by atoms with Crippen LogP contribution < -0.4 is 4.74 Å². The van der Waals surface area contributed by atoms with Gasteiger partial charge in [-0.2, -0.15) is 13.8 Å². The SMILES string of the molecule is CCCc1ccc(C(=O)Oc2ccc(F)nc2F)cc1. The van der Waals surface area contributed by atoms with Gasteiger partial charge in [0, 0.05) is 0 Å². The fourth-order valence-corrected chi connectivity index (χ4v) is 1.73. The highest BCUT2D eigenvalue weighted by molar-refractivity contribution is 5.91. The Hall–Kier alpha value is -2.30. The van der Waals surface area contributed by atoms with Crippen LogP contribution in [0.4, 0.5) is 8.78 Å². The van der Waals surface area contributed by atoms with Gasteiger partial charge in [-0.3, -0.25) is 0 Å². The molecule has 0 saturated carbocycles. The zero-order valence-corrected chi connectivity index (χ0v) is 10.9.